The third kappa shape index (κ3) is 4.58. The number of anilines is 1. The first-order chi connectivity index (χ1) is 14.6. The van der Waals surface area contributed by atoms with Crippen molar-refractivity contribution in [3.8, 4) is 0 Å². The lowest BCUT2D eigenvalue weighted by Crippen LogP contribution is -2.28. The largest absolute Gasteiger partial charge is 0.460 e. The van der Waals surface area contributed by atoms with E-state index < -0.39 is 5.97 Å². The topological polar surface area (TPSA) is 89.4 Å². The van der Waals surface area contributed by atoms with Crippen molar-refractivity contribution in [2.75, 3.05) is 18.5 Å². The van der Waals surface area contributed by atoms with Crippen LogP contribution < -0.4 is 16.1 Å². The fraction of sp³-hybridized carbons (Fsp3) is 0.261. The van der Waals surface area contributed by atoms with Gasteiger partial charge >= 0.3 is 5.97 Å². The van der Waals surface area contributed by atoms with E-state index in [4.69, 9.17) is 4.74 Å². The highest BCUT2D eigenvalue weighted by molar-refractivity contribution is 5.95. The normalized spacial score (nSPS) is 15.8. The van der Waals surface area contributed by atoms with Gasteiger partial charge in [0.05, 0.1) is 11.1 Å². The maximum absolute atomic E-state index is 12.6. The van der Waals surface area contributed by atoms with Crippen LogP contribution in [-0.2, 0) is 16.1 Å². The van der Waals surface area contributed by atoms with E-state index in [-0.39, 0.29) is 23.9 Å². The Labute approximate surface area is 173 Å². The molecule has 0 saturated carbocycles. The Morgan fingerprint density at radius 2 is 2.00 bits per heavy atom. The first-order valence-corrected chi connectivity index (χ1v) is 9.99. The van der Waals surface area contributed by atoms with Crippen molar-refractivity contribution >= 4 is 28.5 Å². The summed E-state index contributed by atoms with van der Waals surface area (Å²) in [7, 11) is 0. The number of pyridine rings is 1. The lowest BCUT2D eigenvalue weighted by molar-refractivity contribution is -0.116. The number of fused-ring (bicyclic) bond motifs is 1. The molecule has 3 aromatic rings. The molecular formula is C23H23N3O4. The second kappa shape index (κ2) is 8.92. The molecule has 154 valence electrons. The number of esters is 1. The number of carbonyl (C=O) groups excluding carboxylic acids is 2. The van der Waals surface area contributed by atoms with Gasteiger partial charge in [-0.15, -0.1) is 0 Å². The zero-order valence-corrected chi connectivity index (χ0v) is 16.5. The standard InChI is InChI=1S/C23H23N3O4/c27-21-10-12-26(20-9-2-1-8-19(20)21)14-22(28)25-17-6-3-5-16(13-17)23(29)30-15-18-7-4-11-24-18/h1-3,5-6,8-10,12-13,18,24H,4,7,11,14-15H2,(H,25,28)/t18-/m1/s1. The molecule has 1 aliphatic rings. The van der Waals surface area contributed by atoms with Gasteiger partial charge in [-0.2, -0.15) is 0 Å². The first kappa shape index (κ1) is 19.8. The van der Waals surface area contributed by atoms with Crippen molar-refractivity contribution < 1.29 is 14.3 Å². The number of rotatable bonds is 6. The first-order valence-electron chi connectivity index (χ1n) is 9.99. The van der Waals surface area contributed by atoms with Crippen LogP contribution in [0.25, 0.3) is 10.9 Å². The van der Waals surface area contributed by atoms with Crippen LogP contribution in [-0.4, -0.2) is 35.6 Å². The highest BCUT2D eigenvalue weighted by Crippen LogP contribution is 2.14. The zero-order valence-electron chi connectivity index (χ0n) is 16.5. The molecule has 7 nitrogen and oxygen atoms in total. The van der Waals surface area contributed by atoms with Gasteiger partial charge in [0.2, 0.25) is 5.91 Å². The molecule has 1 fully saturated rings. The van der Waals surface area contributed by atoms with E-state index in [1.165, 1.54) is 6.07 Å². The van der Waals surface area contributed by atoms with Crippen molar-refractivity contribution in [3.05, 3.63) is 76.6 Å². The Hall–Kier alpha value is -3.45. The predicted molar refractivity (Wildman–Crippen MR) is 115 cm³/mol. The quantitative estimate of drug-likeness (QED) is 0.615. The highest BCUT2D eigenvalue weighted by Gasteiger charge is 2.17. The molecule has 0 aliphatic carbocycles. The maximum Gasteiger partial charge on any atom is 0.338 e. The van der Waals surface area contributed by atoms with Crippen LogP contribution >= 0.6 is 0 Å². The summed E-state index contributed by atoms with van der Waals surface area (Å²) in [5.74, 6) is -0.671. The number of hydrogen-bond acceptors (Lipinski definition) is 5. The summed E-state index contributed by atoms with van der Waals surface area (Å²) in [5.41, 5.74) is 1.51. The lowest BCUT2D eigenvalue weighted by atomic mass is 10.2. The van der Waals surface area contributed by atoms with E-state index in [0.29, 0.717) is 28.8 Å². The fourth-order valence-electron chi connectivity index (χ4n) is 3.64. The smallest absolute Gasteiger partial charge is 0.338 e. The van der Waals surface area contributed by atoms with Crippen LogP contribution in [0.15, 0.2) is 65.6 Å². The zero-order chi connectivity index (χ0) is 20.9. The molecule has 1 aromatic heterocycles. The summed E-state index contributed by atoms with van der Waals surface area (Å²) in [6.45, 7) is 1.34. The average molecular weight is 405 g/mol. The van der Waals surface area contributed by atoms with E-state index in [9.17, 15) is 14.4 Å². The average Bonchev–Trinajstić information content (AvgIpc) is 3.28. The van der Waals surface area contributed by atoms with Crippen LogP contribution in [0.2, 0.25) is 0 Å². The van der Waals surface area contributed by atoms with E-state index in [0.717, 1.165) is 19.4 Å². The number of nitrogens with zero attached hydrogens (tertiary/aromatic N) is 1. The van der Waals surface area contributed by atoms with Gasteiger partial charge in [0, 0.05) is 29.4 Å². The van der Waals surface area contributed by atoms with Gasteiger partial charge in [0.1, 0.15) is 13.2 Å². The second-order valence-electron chi connectivity index (χ2n) is 7.35. The van der Waals surface area contributed by atoms with Gasteiger partial charge in [-0.1, -0.05) is 18.2 Å². The number of amides is 1. The van der Waals surface area contributed by atoms with Gasteiger partial charge in [-0.05, 0) is 49.7 Å². The molecule has 1 amide bonds. The number of ether oxygens (including phenoxy) is 1. The molecule has 4 rings (SSSR count). The molecule has 0 unspecified atom stereocenters. The number of benzene rings is 2. The monoisotopic (exact) mass is 405 g/mol. The minimum Gasteiger partial charge on any atom is -0.460 e. The molecule has 0 bridgehead atoms. The summed E-state index contributed by atoms with van der Waals surface area (Å²) >= 11 is 0. The molecule has 1 aliphatic heterocycles. The van der Waals surface area contributed by atoms with Crippen LogP contribution in [0.4, 0.5) is 5.69 Å². The van der Waals surface area contributed by atoms with Crippen molar-refractivity contribution in [2.24, 2.45) is 0 Å². The van der Waals surface area contributed by atoms with Crippen molar-refractivity contribution in [1.29, 1.82) is 0 Å². The van der Waals surface area contributed by atoms with Gasteiger partial charge in [-0.3, -0.25) is 9.59 Å². The molecule has 2 aromatic carbocycles. The van der Waals surface area contributed by atoms with Crippen LogP contribution in [0.1, 0.15) is 23.2 Å². The number of aromatic nitrogens is 1. The molecule has 0 spiro atoms. The van der Waals surface area contributed by atoms with E-state index in [1.807, 2.05) is 6.07 Å². The summed E-state index contributed by atoms with van der Waals surface area (Å²) in [6, 6.07) is 15.5. The summed E-state index contributed by atoms with van der Waals surface area (Å²) in [5, 5.41) is 6.65. The van der Waals surface area contributed by atoms with Crippen molar-refractivity contribution in [1.82, 2.24) is 9.88 Å². The van der Waals surface area contributed by atoms with Gasteiger partial charge in [0.25, 0.3) is 0 Å². The summed E-state index contributed by atoms with van der Waals surface area (Å²) in [6.07, 6.45) is 3.70. The van der Waals surface area contributed by atoms with Crippen molar-refractivity contribution in [3.63, 3.8) is 0 Å². The molecule has 1 atom stereocenters. The second-order valence-corrected chi connectivity index (χ2v) is 7.35. The summed E-state index contributed by atoms with van der Waals surface area (Å²) < 4.78 is 7.10. The van der Waals surface area contributed by atoms with Gasteiger partial charge in [-0.25, -0.2) is 4.79 Å². The third-order valence-corrected chi connectivity index (χ3v) is 5.16. The molecule has 30 heavy (non-hydrogen) atoms. The van der Waals surface area contributed by atoms with Crippen LogP contribution in [0.5, 0.6) is 0 Å². The Bertz CT molecular complexity index is 1130. The van der Waals surface area contributed by atoms with Crippen molar-refractivity contribution in [2.45, 2.75) is 25.4 Å². The van der Waals surface area contributed by atoms with Crippen LogP contribution in [0.3, 0.4) is 0 Å². The van der Waals surface area contributed by atoms with E-state index >= 15 is 0 Å². The van der Waals surface area contributed by atoms with E-state index in [1.54, 1.807) is 53.2 Å². The van der Waals surface area contributed by atoms with Gasteiger partial charge < -0.3 is 19.9 Å². The molecule has 1 saturated heterocycles. The van der Waals surface area contributed by atoms with Gasteiger partial charge in [0.15, 0.2) is 5.43 Å². The Balaban J connectivity index is 1.41. The minimum absolute atomic E-state index is 0.0445. The maximum atomic E-state index is 12.6. The molecule has 0 radical (unpaired) electrons. The number of hydrogen-bond donors (Lipinski definition) is 2. The number of para-hydroxylation sites is 1. The third-order valence-electron chi connectivity index (χ3n) is 5.16. The summed E-state index contributed by atoms with van der Waals surface area (Å²) in [4.78, 5) is 36.9. The lowest BCUT2D eigenvalue weighted by Gasteiger charge is -2.13. The number of carbonyl (C=O) groups is 2. The Morgan fingerprint density at radius 3 is 2.83 bits per heavy atom. The van der Waals surface area contributed by atoms with E-state index in [2.05, 4.69) is 10.6 Å². The highest BCUT2D eigenvalue weighted by atomic mass is 16.5. The molecular weight excluding hydrogens is 382 g/mol. The molecule has 2 heterocycles. The minimum atomic E-state index is -0.411. The van der Waals surface area contributed by atoms with Crippen LogP contribution in [0, 0.1) is 0 Å². The fourth-order valence-corrected chi connectivity index (χ4v) is 3.64. The number of nitrogens with one attached hydrogen (secondary N) is 2. The predicted octanol–water partition coefficient (Wildman–Crippen LogP) is 2.55. The SMILES string of the molecule is O=C(Cn1ccc(=O)c2ccccc21)Nc1cccc(C(=O)OC[C@H]2CCCN2)c1. The Kier molecular flexibility index (Phi) is 5.90. The Morgan fingerprint density at radius 1 is 1.13 bits per heavy atom. The molecule has 2 N–H and O–H groups in total. The molecule has 7 heteroatoms.